The van der Waals surface area contributed by atoms with E-state index in [1.807, 2.05) is 31.1 Å². The molecule has 2 aromatic carbocycles. The second kappa shape index (κ2) is 6.59. The molecule has 0 heterocycles. The normalized spacial score (nSPS) is 18.5. The van der Waals surface area contributed by atoms with Crippen LogP contribution in [-0.4, -0.2) is 25.9 Å². The van der Waals surface area contributed by atoms with Crippen molar-refractivity contribution >= 4 is 23.2 Å². The molecule has 0 radical (unpaired) electrons. The Labute approximate surface area is 147 Å². The second-order valence-corrected chi connectivity index (χ2v) is 6.79. The number of hydrogen-bond donors (Lipinski definition) is 2. The lowest BCUT2D eigenvalue weighted by atomic mass is 10.0. The fourth-order valence-corrected chi connectivity index (χ4v) is 3.24. The second-order valence-electron chi connectivity index (χ2n) is 6.79. The average molecular weight is 337 g/mol. The molecular formula is C20H23N3O2. The van der Waals surface area contributed by atoms with Gasteiger partial charge in [0.25, 0.3) is 0 Å². The van der Waals surface area contributed by atoms with Gasteiger partial charge in [-0.3, -0.25) is 9.59 Å². The van der Waals surface area contributed by atoms with Gasteiger partial charge in [0.05, 0.1) is 11.4 Å². The van der Waals surface area contributed by atoms with E-state index in [0.717, 1.165) is 12.1 Å². The number of anilines is 2. The zero-order valence-electron chi connectivity index (χ0n) is 14.7. The monoisotopic (exact) mass is 337 g/mol. The molecule has 1 saturated carbocycles. The minimum Gasteiger partial charge on any atom is -0.376 e. The van der Waals surface area contributed by atoms with Gasteiger partial charge in [0, 0.05) is 25.6 Å². The van der Waals surface area contributed by atoms with Gasteiger partial charge in [-0.25, -0.2) is 0 Å². The van der Waals surface area contributed by atoms with Gasteiger partial charge in [0.15, 0.2) is 0 Å². The van der Waals surface area contributed by atoms with E-state index in [1.54, 1.807) is 18.2 Å². The van der Waals surface area contributed by atoms with Crippen LogP contribution in [0.25, 0.3) is 0 Å². The van der Waals surface area contributed by atoms with Crippen LogP contribution < -0.4 is 16.0 Å². The standard InChI is InChI=1S/C20H23N3O2/c1-12-6-4-5-7-14(12)15-11-16(15)20(25)22-17-10-13(19(21)24)8-9-18(17)23(2)3/h4-10,15-16H,11H2,1-3H3,(H2,21,24)(H,22,25)/t15-,16+/m0/s1. The summed E-state index contributed by atoms with van der Waals surface area (Å²) < 4.78 is 0. The molecule has 2 atom stereocenters. The van der Waals surface area contributed by atoms with Gasteiger partial charge in [-0.1, -0.05) is 24.3 Å². The highest BCUT2D eigenvalue weighted by atomic mass is 16.2. The van der Waals surface area contributed by atoms with Crippen LogP contribution in [0.4, 0.5) is 11.4 Å². The predicted molar refractivity (Wildman–Crippen MR) is 99.9 cm³/mol. The predicted octanol–water partition coefficient (Wildman–Crippen LogP) is 2.90. The molecule has 0 saturated heterocycles. The van der Waals surface area contributed by atoms with Gasteiger partial charge < -0.3 is 16.0 Å². The van der Waals surface area contributed by atoms with Crippen molar-refractivity contribution < 1.29 is 9.59 Å². The zero-order valence-corrected chi connectivity index (χ0v) is 14.7. The Morgan fingerprint density at radius 2 is 1.88 bits per heavy atom. The first-order chi connectivity index (χ1) is 11.9. The number of nitrogens with two attached hydrogens (primary N) is 1. The Hall–Kier alpha value is -2.82. The molecule has 0 bridgehead atoms. The van der Waals surface area contributed by atoms with Gasteiger partial charge in [0.2, 0.25) is 11.8 Å². The lowest BCUT2D eigenvalue weighted by Crippen LogP contribution is -2.20. The van der Waals surface area contributed by atoms with Gasteiger partial charge in [0.1, 0.15) is 0 Å². The van der Waals surface area contributed by atoms with E-state index in [0.29, 0.717) is 11.3 Å². The third kappa shape index (κ3) is 3.50. The molecule has 0 spiro atoms. The Morgan fingerprint density at radius 3 is 2.52 bits per heavy atom. The van der Waals surface area contributed by atoms with Gasteiger partial charge in [-0.05, 0) is 48.6 Å². The highest BCUT2D eigenvalue weighted by Gasteiger charge is 2.44. The van der Waals surface area contributed by atoms with Crippen molar-refractivity contribution in [2.45, 2.75) is 19.3 Å². The zero-order chi connectivity index (χ0) is 18.1. The summed E-state index contributed by atoms with van der Waals surface area (Å²) in [5.74, 6) is -0.292. The maximum absolute atomic E-state index is 12.7. The summed E-state index contributed by atoms with van der Waals surface area (Å²) in [5.41, 5.74) is 9.65. The van der Waals surface area contributed by atoms with Crippen molar-refractivity contribution in [3.63, 3.8) is 0 Å². The number of aryl methyl sites for hydroxylation is 1. The Morgan fingerprint density at radius 1 is 1.16 bits per heavy atom. The van der Waals surface area contributed by atoms with E-state index >= 15 is 0 Å². The lowest BCUT2D eigenvalue weighted by molar-refractivity contribution is -0.117. The van der Waals surface area contributed by atoms with E-state index in [1.165, 1.54) is 11.1 Å². The van der Waals surface area contributed by atoms with Crippen LogP contribution in [0.5, 0.6) is 0 Å². The number of benzene rings is 2. The van der Waals surface area contributed by atoms with Crippen LogP contribution in [0.1, 0.15) is 33.8 Å². The maximum Gasteiger partial charge on any atom is 0.248 e. The van der Waals surface area contributed by atoms with Crippen LogP contribution in [-0.2, 0) is 4.79 Å². The summed E-state index contributed by atoms with van der Waals surface area (Å²) >= 11 is 0. The van der Waals surface area contributed by atoms with Crippen molar-refractivity contribution in [1.29, 1.82) is 0 Å². The summed E-state index contributed by atoms with van der Waals surface area (Å²) in [4.78, 5) is 26.0. The minimum atomic E-state index is -0.509. The number of nitrogens with one attached hydrogen (secondary N) is 1. The summed E-state index contributed by atoms with van der Waals surface area (Å²) in [7, 11) is 3.78. The van der Waals surface area contributed by atoms with Crippen molar-refractivity contribution in [2.24, 2.45) is 11.7 Å². The van der Waals surface area contributed by atoms with Crippen LogP contribution in [0.15, 0.2) is 42.5 Å². The fraction of sp³-hybridized carbons (Fsp3) is 0.300. The highest BCUT2D eigenvalue weighted by Crippen LogP contribution is 2.49. The molecule has 2 aromatic rings. The number of nitrogens with zero attached hydrogens (tertiary/aromatic N) is 1. The van der Waals surface area contributed by atoms with Gasteiger partial charge in [-0.15, -0.1) is 0 Å². The third-order valence-electron chi connectivity index (χ3n) is 4.74. The molecule has 1 aliphatic rings. The lowest BCUT2D eigenvalue weighted by Gasteiger charge is -2.18. The number of primary amides is 1. The Bertz CT molecular complexity index is 829. The quantitative estimate of drug-likeness (QED) is 0.881. The number of rotatable bonds is 5. The minimum absolute atomic E-state index is 0.0158. The summed E-state index contributed by atoms with van der Waals surface area (Å²) in [5, 5.41) is 2.98. The molecule has 3 rings (SSSR count). The molecule has 2 amide bonds. The molecule has 0 unspecified atom stereocenters. The first kappa shape index (κ1) is 17.0. The Balaban J connectivity index is 1.79. The molecule has 3 N–H and O–H groups in total. The molecule has 5 heteroatoms. The third-order valence-corrected chi connectivity index (χ3v) is 4.74. The first-order valence-corrected chi connectivity index (χ1v) is 8.36. The number of carbonyl (C=O) groups excluding carboxylic acids is 2. The van der Waals surface area contributed by atoms with Gasteiger partial charge >= 0.3 is 0 Å². The molecule has 1 aliphatic carbocycles. The van der Waals surface area contributed by atoms with Crippen LogP contribution in [0.2, 0.25) is 0 Å². The van der Waals surface area contributed by atoms with Crippen LogP contribution >= 0.6 is 0 Å². The average Bonchev–Trinajstić information content (AvgIpc) is 3.35. The Kier molecular flexibility index (Phi) is 4.49. The van der Waals surface area contributed by atoms with E-state index in [4.69, 9.17) is 5.73 Å². The smallest absolute Gasteiger partial charge is 0.248 e. The van der Waals surface area contributed by atoms with Crippen molar-refractivity contribution in [3.8, 4) is 0 Å². The molecule has 0 aliphatic heterocycles. The molecule has 5 nitrogen and oxygen atoms in total. The summed E-state index contributed by atoms with van der Waals surface area (Å²) in [6.45, 7) is 2.07. The molecular weight excluding hydrogens is 314 g/mol. The van der Waals surface area contributed by atoms with Gasteiger partial charge in [-0.2, -0.15) is 0 Å². The maximum atomic E-state index is 12.7. The van der Waals surface area contributed by atoms with E-state index in [2.05, 4.69) is 24.4 Å². The van der Waals surface area contributed by atoms with Crippen molar-refractivity contribution in [3.05, 3.63) is 59.2 Å². The molecule has 130 valence electrons. The molecule has 0 aromatic heterocycles. The number of amides is 2. The fourth-order valence-electron chi connectivity index (χ4n) is 3.24. The van der Waals surface area contributed by atoms with Crippen molar-refractivity contribution in [2.75, 3.05) is 24.3 Å². The topological polar surface area (TPSA) is 75.4 Å². The van der Waals surface area contributed by atoms with Crippen molar-refractivity contribution in [1.82, 2.24) is 0 Å². The largest absolute Gasteiger partial charge is 0.376 e. The first-order valence-electron chi connectivity index (χ1n) is 8.36. The van der Waals surface area contributed by atoms with E-state index in [9.17, 15) is 9.59 Å². The van der Waals surface area contributed by atoms with Crippen LogP contribution in [0, 0.1) is 12.8 Å². The summed E-state index contributed by atoms with van der Waals surface area (Å²) in [6, 6.07) is 13.3. The molecule has 25 heavy (non-hydrogen) atoms. The number of hydrogen-bond acceptors (Lipinski definition) is 3. The van der Waals surface area contributed by atoms with E-state index < -0.39 is 5.91 Å². The number of carbonyl (C=O) groups is 2. The molecule has 1 fully saturated rings. The van der Waals surface area contributed by atoms with Crippen LogP contribution in [0.3, 0.4) is 0 Å². The van der Waals surface area contributed by atoms with E-state index in [-0.39, 0.29) is 17.7 Å². The SMILES string of the molecule is Cc1ccccc1[C@@H]1C[C@H]1C(=O)Nc1cc(C(N)=O)ccc1N(C)C. The highest BCUT2D eigenvalue weighted by molar-refractivity contribution is 6.01. The summed E-state index contributed by atoms with van der Waals surface area (Å²) in [6.07, 6.45) is 0.851.